The van der Waals surface area contributed by atoms with E-state index >= 15 is 0 Å². The number of ether oxygens (including phenoxy) is 2. The van der Waals surface area contributed by atoms with Gasteiger partial charge in [-0.1, -0.05) is 72.8 Å². The van der Waals surface area contributed by atoms with Crippen LogP contribution in [0.4, 0.5) is 5.69 Å². The molecule has 1 saturated heterocycles. The molecule has 6 heteroatoms. The van der Waals surface area contributed by atoms with Crippen LogP contribution < -0.4 is 14.4 Å². The van der Waals surface area contributed by atoms with Crippen LogP contribution in [-0.4, -0.2) is 22.9 Å². The van der Waals surface area contributed by atoms with Crippen molar-refractivity contribution in [2.75, 3.05) is 4.90 Å². The number of amides is 1. The monoisotopic (exact) mass is 519 g/mol. The van der Waals surface area contributed by atoms with Crippen molar-refractivity contribution in [3.63, 3.8) is 0 Å². The maximum atomic E-state index is 13.5. The molecule has 1 unspecified atom stereocenters. The molecule has 0 bridgehead atoms. The van der Waals surface area contributed by atoms with Crippen molar-refractivity contribution >= 4 is 23.1 Å². The standard InChI is InChI=1S/C33H29NO5/c1-22(2)39-28-18-10-14-25(20-28)31(35)29-30(34(33(37)32(29)36)26-15-7-4-8-16-26)24-13-9-17-27(19-24)38-21-23-11-5-3-6-12-23/h3-20,22,30,35H,21H2,1-2H3/b31-29-. The molecule has 1 atom stereocenters. The first-order chi connectivity index (χ1) is 18.9. The van der Waals surface area contributed by atoms with Crippen molar-refractivity contribution in [3.05, 3.63) is 131 Å². The smallest absolute Gasteiger partial charge is 0.300 e. The van der Waals surface area contributed by atoms with Gasteiger partial charge in [0.25, 0.3) is 11.7 Å². The third-order valence-electron chi connectivity index (χ3n) is 6.38. The number of para-hydroxylation sites is 1. The molecule has 1 N–H and O–H groups in total. The fourth-order valence-electron chi connectivity index (χ4n) is 4.66. The lowest BCUT2D eigenvalue weighted by Gasteiger charge is -2.25. The molecule has 196 valence electrons. The van der Waals surface area contributed by atoms with Gasteiger partial charge in [-0.3, -0.25) is 14.5 Å². The summed E-state index contributed by atoms with van der Waals surface area (Å²) in [6.45, 7) is 4.18. The van der Waals surface area contributed by atoms with Gasteiger partial charge in [0.15, 0.2) is 0 Å². The average Bonchev–Trinajstić information content (AvgIpc) is 3.22. The van der Waals surface area contributed by atoms with Crippen LogP contribution in [0.2, 0.25) is 0 Å². The number of Topliss-reactive ketones (excluding diaryl/α,β-unsaturated/α-hetero) is 1. The zero-order valence-electron chi connectivity index (χ0n) is 21.8. The van der Waals surface area contributed by atoms with Crippen LogP contribution in [-0.2, 0) is 16.2 Å². The van der Waals surface area contributed by atoms with Crippen LogP contribution in [0.3, 0.4) is 0 Å². The lowest BCUT2D eigenvalue weighted by molar-refractivity contribution is -0.132. The van der Waals surface area contributed by atoms with E-state index in [4.69, 9.17) is 9.47 Å². The topological polar surface area (TPSA) is 76.1 Å². The molecule has 6 nitrogen and oxygen atoms in total. The lowest BCUT2D eigenvalue weighted by atomic mass is 9.95. The molecule has 0 saturated carbocycles. The second-order valence-electron chi connectivity index (χ2n) is 9.55. The second kappa shape index (κ2) is 11.3. The summed E-state index contributed by atoms with van der Waals surface area (Å²) in [7, 11) is 0. The maximum Gasteiger partial charge on any atom is 0.300 e. The number of aliphatic hydroxyl groups is 1. The molecule has 0 radical (unpaired) electrons. The van der Waals surface area contributed by atoms with Gasteiger partial charge in [0.1, 0.15) is 23.9 Å². The van der Waals surface area contributed by atoms with Gasteiger partial charge in [-0.2, -0.15) is 0 Å². The average molecular weight is 520 g/mol. The van der Waals surface area contributed by atoms with E-state index in [0.29, 0.717) is 34.9 Å². The number of ketones is 1. The summed E-state index contributed by atoms with van der Waals surface area (Å²) in [4.78, 5) is 28.3. The first kappa shape index (κ1) is 25.8. The van der Waals surface area contributed by atoms with Crippen molar-refractivity contribution in [2.24, 2.45) is 0 Å². The third-order valence-corrected chi connectivity index (χ3v) is 6.38. The maximum absolute atomic E-state index is 13.5. The number of hydrogen-bond acceptors (Lipinski definition) is 5. The van der Waals surface area contributed by atoms with E-state index in [1.807, 2.05) is 68.4 Å². The summed E-state index contributed by atoms with van der Waals surface area (Å²) in [6, 6.07) is 32.1. The van der Waals surface area contributed by atoms with Gasteiger partial charge in [-0.25, -0.2) is 0 Å². The summed E-state index contributed by atoms with van der Waals surface area (Å²) in [6.07, 6.45) is -0.0651. The summed E-state index contributed by atoms with van der Waals surface area (Å²) >= 11 is 0. The Labute approximate surface area is 227 Å². The van der Waals surface area contributed by atoms with Gasteiger partial charge in [-0.15, -0.1) is 0 Å². The zero-order chi connectivity index (χ0) is 27.4. The first-order valence-electron chi connectivity index (χ1n) is 12.8. The largest absolute Gasteiger partial charge is 0.507 e. The van der Waals surface area contributed by atoms with Crippen LogP contribution in [0.5, 0.6) is 11.5 Å². The zero-order valence-corrected chi connectivity index (χ0v) is 21.8. The number of hydrogen-bond donors (Lipinski definition) is 1. The number of nitrogens with zero attached hydrogens (tertiary/aromatic N) is 1. The molecule has 4 aromatic carbocycles. The highest BCUT2D eigenvalue weighted by Crippen LogP contribution is 2.43. The van der Waals surface area contributed by atoms with Crippen molar-refractivity contribution < 1.29 is 24.2 Å². The van der Waals surface area contributed by atoms with Gasteiger partial charge < -0.3 is 14.6 Å². The Hall–Kier alpha value is -4.84. The molecule has 0 aliphatic carbocycles. The van der Waals surface area contributed by atoms with Gasteiger partial charge in [0.2, 0.25) is 0 Å². The van der Waals surface area contributed by atoms with E-state index in [2.05, 4.69) is 0 Å². The van der Waals surface area contributed by atoms with Crippen LogP contribution in [0.1, 0.15) is 36.6 Å². The molecular weight excluding hydrogens is 490 g/mol. The van der Waals surface area contributed by atoms with Crippen LogP contribution in [0, 0.1) is 0 Å². The number of anilines is 1. The van der Waals surface area contributed by atoms with Gasteiger partial charge in [0, 0.05) is 11.3 Å². The molecular formula is C33H29NO5. The van der Waals surface area contributed by atoms with E-state index in [1.165, 1.54) is 4.90 Å². The molecule has 1 fully saturated rings. The highest BCUT2D eigenvalue weighted by atomic mass is 16.5. The molecule has 1 amide bonds. The van der Waals surface area contributed by atoms with Crippen molar-refractivity contribution in [3.8, 4) is 11.5 Å². The van der Waals surface area contributed by atoms with Crippen molar-refractivity contribution in [2.45, 2.75) is 32.6 Å². The summed E-state index contributed by atoms with van der Waals surface area (Å²) in [5.74, 6) is -0.590. The third kappa shape index (κ3) is 5.55. The van der Waals surface area contributed by atoms with E-state index in [1.54, 1.807) is 54.6 Å². The predicted molar refractivity (Wildman–Crippen MR) is 151 cm³/mol. The van der Waals surface area contributed by atoms with E-state index in [0.717, 1.165) is 5.56 Å². The molecule has 0 spiro atoms. The normalized spacial score (nSPS) is 16.5. The first-order valence-corrected chi connectivity index (χ1v) is 12.8. The number of aliphatic hydroxyl groups excluding tert-OH is 1. The molecule has 1 aliphatic heterocycles. The molecule has 5 rings (SSSR count). The highest BCUT2D eigenvalue weighted by molar-refractivity contribution is 6.51. The van der Waals surface area contributed by atoms with Crippen LogP contribution >= 0.6 is 0 Å². The van der Waals surface area contributed by atoms with E-state index < -0.39 is 17.7 Å². The van der Waals surface area contributed by atoms with Crippen molar-refractivity contribution in [1.29, 1.82) is 0 Å². The minimum Gasteiger partial charge on any atom is -0.507 e. The minimum absolute atomic E-state index is 0.00533. The molecule has 0 aromatic heterocycles. The van der Waals surface area contributed by atoms with Gasteiger partial charge >= 0.3 is 0 Å². The highest BCUT2D eigenvalue weighted by Gasteiger charge is 2.47. The number of carbonyl (C=O) groups excluding carboxylic acids is 2. The summed E-state index contributed by atoms with van der Waals surface area (Å²) < 4.78 is 11.8. The van der Waals surface area contributed by atoms with Gasteiger partial charge in [0.05, 0.1) is 17.7 Å². The SMILES string of the molecule is CC(C)Oc1cccc(/C(O)=C2/C(=O)C(=O)N(c3ccccc3)C2c2cccc(OCc3ccccc3)c2)c1. The van der Waals surface area contributed by atoms with Crippen LogP contribution in [0.25, 0.3) is 5.76 Å². The second-order valence-corrected chi connectivity index (χ2v) is 9.55. The minimum atomic E-state index is -0.859. The summed E-state index contributed by atoms with van der Waals surface area (Å²) in [5, 5.41) is 11.5. The number of carbonyl (C=O) groups is 2. The molecule has 4 aromatic rings. The lowest BCUT2D eigenvalue weighted by Crippen LogP contribution is -2.29. The predicted octanol–water partition coefficient (Wildman–Crippen LogP) is 6.68. The fourth-order valence-corrected chi connectivity index (χ4v) is 4.66. The van der Waals surface area contributed by atoms with E-state index in [9.17, 15) is 14.7 Å². The number of rotatable bonds is 8. The van der Waals surface area contributed by atoms with E-state index in [-0.39, 0.29) is 17.4 Å². The molecule has 1 aliphatic rings. The molecule has 39 heavy (non-hydrogen) atoms. The molecule has 1 heterocycles. The van der Waals surface area contributed by atoms with Crippen molar-refractivity contribution in [1.82, 2.24) is 0 Å². The number of benzene rings is 4. The Morgan fingerprint density at radius 1 is 0.821 bits per heavy atom. The Bertz CT molecular complexity index is 1510. The Balaban J connectivity index is 1.59. The van der Waals surface area contributed by atoms with Gasteiger partial charge in [-0.05, 0) is 61.4 Å². The Morgan fingerprint density at radius 3 is 2.21 bits per heavy atom. The summed E-state index contributed by atoms with van der Waals surface area (Å²) in [5.41, 5.74) is 2.60. The quantitative estimate of drug-likeness (QED) is 0.160. The Kier molecular flexibility index (Phi) is 7.46. The van der Waals surface area contributed by atoms with Crippen LogP contribution in [0.15, 0.2) is 115 Å². The Morgan fingerprint density at radius 2 is 1.49 bits per heavy atom. The fraction of sp³-hybridized carbons (Fsp3) is 0.152.